The molecule has 0 fully saturated rings. The third-order valence-corrected chi connectivity index (χ3v) is 4.48. The molecule has 2 heteroatoms. The number of para-hydroxylation sites is 1. The third-order valence-electron chi connectivity index (χ3n) is 2.45. The minimum Gasteiger partial charge on any atom is -0.494 e. The van der Waals surface area contributed by atoms with Gasteiger partial charge in [-0.25, -0.2) is 0 Å². The highest BCUT2D eigenvalue weighted by Gasteiger charge is 2.20. The molecule has 0 aliphatic rings. The fourth-order valence-corrected chi connectivity index (χ4v) is 3.03. The van der Waals surface area contributed by atoms with Gasteiger partial charge in [0, 0.05) is 0 Å². The van der Waals surface area contributed by atoms with Crippen LogP contribution in [0.25, 0.3) is 0 Å². The molecular formula is C13H22OSi. The molecule has 0 saturated heterocycles. The van der Waals surface area contributed by atoms with Crippen molar-refractivity contribution in [3.05, 3.63) is 24.3 Å². The molecule has 1 rings (SSSR count). The predicted octanol–water partition coefficient (Wildman–Crippen LogP) is 3.41. The molecule has 0 radical (unpaired) electrons. The number of hydrogen-bond acceptors (Lipinski definition) is 1. The van der Waals surface area contributed by atoms with Gasteiger partial charge < -0.3 is 4.74 Å². The lowest BCUT2D eigenvalue weighted by atomic mass is 10.3. The van der Waals surface area contributed by atoms with Crippen LogP contribution in [-0.2, 0) is 0 Å². The van der Waals surface area contributed by atoms with E-state index in [9.17, 15) is 0 Å². The Morgan fingerprint density at radius 1 is 1.13 bits per heavy atom. The van der Waals surface area contributed by atoms with Crippen molar-refractivity contribution < 1.29 is 4.74 Å². The zero-order chi connectivity index (χ0) is 11.3. The molecule has 84 valence electrons. The third kappa shape index (κ3) is 3.71. The first kappa shape index (κ1) is 12.3. The van der Waals surface area contributed by atoms with E-state index < -0.39 is 8.07 Å². The highest BCUT2D eigenvalue weighted by molar-refractivity contribution is 6.89. The van der Waals surface area contributed by atoms with E-state index in [2.05, 4.69) is 50.8 Å². The lowest BCUT2D eigenvalue weighted by Gasteiger charge is -2.20. The molecule has 1 aromatic rings. The minimum absolute atomic E-state index is 0.845. The maximum Gasteiger partial charge on any atom is 0.118 e. The first-order valence-corrected chi connectivity index (χ1v) is 9.28. The van der Waals surface area contributed by atoms with Gasteiger partial charge in [-0.2, -0.15) is 0 Å². The summed E-state index contributed by atoms with van der Waals surface area (Å²) in [5.74, 6) is 1.10. The van der Waals surface area contributed by atoms with E-state index in [4.69, 9.17) is 4.74 Å². The Kier molecular flexibility index (Phi) is 4.39. The van der Waals surface area contributed by atoms with Crippen LogP contribution in [0.15, 0.2) is 24.3 Å². The molecule has 0 aliphatic heterocycles. The summed E-state index contributed by atoms with van der Waals surface area (Å²) in [6, 6.07) is 8.49. The Bertz CT molecular complexity index is 302. The minimum atomic E-state index is -1.26. The number of hydrogen-bond donors (Lipinski definition) is 0. The van der Waals surface area contributed by atoms with Crippen LogP contribution < -0.4 is 9.92 Å². The Morgan fingerprint density at radius 3 is 2.40 bits per heavy atom. The first-order valence-electron chi connectivity index (χ1n) is 5.78. The fraction of sp³-hybridized carbons (Fsp3) is 0.538. The van der Waals surface area contributed by atoms with Gasteiger partial charge in [0.15, 0.2) is 0 Å². The van der Waals surface area contributed by atoms with E-state index in [0.29, 0.717) is 0 Å². The summed E-state index contributed by atoms with van der Waals surface area (Å²) in [5, 5.41) is 1.43. The van der Waals surface area contributed by atoms with E-state index in [1.165, 1.54) is 11.6 Å². The van der Waals surface area contributed by atoms with Crippen LogP contribution in [0.3, 0.4) is 0 Å². The maximum atomic E-state index is 5.84. The molecule has 0 spiro atoms. The van der Waals surface area contributed by atoms with Gasteiger partial charge in [-0.1, -0.05) is 51.2 Å². The second kappa shape index (κ2) is 5.36. The van der Waals surface area contributed by atoms with Crippen molar-refractivity contribution in [1.29, 1.82) is 0 Å². The molecule has 0 unspecified atom stereocenters. The zero-order valence-electron chi connectivity index (χ0n) is 10.3. The molecule has 0 aromatic heterocycles. The van der Waals surface area contributed by atoms with Crippen LogP contribution >= 0.6 is 0 Å². The van der Waals surface area contributed by atoms with Crippen molar-refractivity contribution >= 4 is 13.3 Å². The van der Waals surface area contributed by atoms with Crippen molar-refractivity contribution in [2.75, 3.05) is 6.61 Å². The molecule has 0 atom stereocenters. The standard InChI is InChI=1S/C13H22OSi/c1-5-6-11-14-12-9-7-8-10-13(12)15(2,3)4/h7-10H,5-6,11H2,1-4H3. The number of benzene rings is 1. The van der Waals surface area contributed by atoms with E-state index in [0.717, 1.165) is 18.8 Å². The Morgan fingerprint density at radius 2 is 1.80 bits per heavy atom. The van der Waals surface area contributed by atoms with Crippen LogP contribution in [0, 0.1) is 0 Å². The lowest BCUT2D eigenvalue weighted by molar-refractivity contribution is 0.311. The highest BCUT2D eigenvalue weighted by atomic mass is 28.3. The predicted molar refractivity (Wildman–Crippen MR) is 69.8 cm³/mol. The van der Waals surface area contributed by atoms with Gasteiger partial charge in [0.1, 0.15) is 5.75 Å². The largest absolute Gasteiger partial charge is 0.494 e. The van der Waals surface area contributed by atoms with Crippen molar-refractivity contribution in [1.82, 2.24) is 0 Å². The SMILES string of the molecule is CCCCOc1ccccc1[Si](C)(C)C. The quantitative estimate of drug-likeness (QED) is 0.548. The Hall–Kier alpha value is -0.763. The van der Waals surface area contributed by atoms with Crippen LogP contribution in [-0.4, -0.2) is 14.7 Å². The molecule has 0 saturated carbocycles. The zero-order valence-corrected chi connectivity index (χ0v) is 11.3. The van der Waals surface area contributed by atoms with Gasteiger partial charge in [-0.05, 0) is 17.7 Å². The average molecular weight is 222 g/mol. The molecule has 1 nitrogen and oxygen atoms in total. The Labute approximate surface area is 94.5 Å². The van der Waals surface area contributed by atoms with Gasteiger partial charge in [-0.3, -0.25) is 0 Å². The van der Waals surface area contributed by atoms with Gasteiger partial charge >= 0.3 is 0 Å². The van der Waals surface area contributed by atoms with Gasteiger partial charge in [0.05, 0.1) is 14.7 Å². The van der Waals surface area contributed by atoms with E-state index in [-0.39, 0.29) is 0 Å². The molecular weight excluding hydrogens is 200 g/mol. The van der Waals surface area contributed by atoms with Crippen molar-refractivity contribution in [3.63, 3.8) is 0 Å². The van der Waals surface area contributed by atoms with Gasteiger partial charge in [0.2, 0.25) is 0 Å². The van der Waals surface area contributed by atoms with Gasteiger partial charge in [-0.15, -0.1) is 0 Å². The number of rotatable bonds is 5. The molecule has 0 amide bonds. The summed E-state index contributed by atoms with van der Waals surface area (Å²) in [6.07, 6.45) is 2.33. The van der Waals surface area contributed by atoms with Crippen LogP contribution in [0.5, 0.6) is 5.75 Å². The Balaban J connectivity index is 2.78. The molecule has 0 bridgehead atoms. The summed E-state index contributed by atoms with van der Waals surface area (Å²) in [7, 11) is -1.26. The van der Waals surface area contributed by atoms with Crippen LogP contribution in [0.1, 0.15) is 19.8 Å². The van der Waals surface area contributed by atoms with E-state index in [1.807, 2.05) is 0 Å². The fourth-order valence-electron chi connectivity index (χ4n) is 1.54. The smallest absolute Gasteiger partial charge is 0.118 e. The molecule has 0 N–H and O–H groups in total. The topological polar surface area (TPSA) is 9.23 Å². The van der Waals surface area contributed by atoms with E-state index in [1.54, 1.807) is 0 Å². The number of ether oxygens (including phenoxy) is 1. The van der Waals surface area contributed by atoms with E-state index >= 15 is 0 Å². The lowest BCUT2D eigenvalue weighted by Crippen LogP contribution is -2.38. The molecule has 15 heavy (non-hydrogen) atoms. The molecule has 1 aromatic carbocycles. The van der Waals surface area contributed by atoms with Crippen LogP contribution in [0.2, 0.25) is 19.6 Å². The summed E-state index contributed by atoms with van der Waals surface area (Å²) in [6.45, 7) is 10.1. The normalized spacial score (nSPS) is 11.5. The summed E-state index contributed by atoms with van der Waals surface area (Å²) >= 11 is 0. The second-order valence-corrected chi connectivity index (χ2v) is 9.99. The van der Waals surface area contributed by atoms with Crippen molar-refractivity contribution in [2.45, 2.75) is 39.4 Å². The monoisotopic (exact) mass is 222 g/mol. The average Bonchev–Trinajstić information content (AvgIpc) is 2.17. The molecule has 0 heterocycles. The maximum absolute atomic E-state index is 5.84. The second-order valence-electron chi connectivity index (χ2n) is 4.95. The summed E-state index contributed by atoms with van der Waals surface area (Å²) in [5.41, 5.74) is 0. The number of unbranched alkanes of at least 4 members (excludes halogenated alkanes) is 1. The van der Waals surface area contributed by atoms with Crippen LogP contribution in [0.4, 0.5) is 0 Å². The highest BCUT2D eigenvalue weighted by Crippen LogP contribution is 2.14. The van der Waals surface area contributed by atoms with Gasteiger partial charge in [0.25, 0.3) is 0 Å². The van der Waals surface area contributed by atoms with Crippen molar-refractivity contribution in [2.24, 2.45) is 0 Å². The first-order chi connectivity index (χ1) is 7.05. The van der Waals surface area contributed by atoms with Crippen molar-refractivity contribution in [3.8, 4) is 5.75 Å². The summed E-state index contributed by atoms with van der Waals surface area (Å²) in [4.78, 5) is 0. The summed E-state index contributed by atoms with van der Waals surface area (Å²) < 4.78 is 5.84. The molecule has 0 aliphatic carbocycles.